The number of hydrogen-bond donors (Lipinski definition) is 3. The van der Waals surface area contributed by atoms with Crippen molar-refractivity contribution in [1.82, 2.24) is 25.2 Å². The molecule has 1 saturated carbocycles. The van der Waals surface area contributed by atoms with Gasteiger partial charge in [0.15, 0.2) is 0 Å². The van der Waals surface area contributed by atoms with Crippen LogP contribution in [0, 0.1) is 5.92 Å². The van der Waals surface area contributed by atoms with Gasteiger partial charge in [-0.05, 0) is 56.8 Å². The van der Waals surface area contributed by atoms with Crippen LogP contribution in [0.4, 0.5) is 0 Å². The van der Waals surface area contributed by atoms with Crippen molar-refractivity contribution < 1.29 is 4.79 Å². The fraction of sp³-hybridized carbons (Fsp3) is 0.522. The minimum atomic E-state index is -0.143. The lowest BCUT2D eigenvalue weighted by molar-refractivity contribution is 0.0945. The van der Waals surface area contributed by atoms with Crippen LogP contribution in [-0.4, -0.2) is 40.1 Å². The number of fused-ring (bicyclic) bond motifs is 3. The van der Waals surface area contributed by atoms with E-state index in [0.29, 0.717) is 23.7 Å². The largest absolute Gasteiger partial charge is 0.352 e. The Bertz CT molecular complexity index is 1120. The first-order valence-corrected chi connectivity index (χ1v) is 11.2. The molecule has 158 valence electrons. The van der Waals surface area contributed by atoms with Gasteiger partial charge in [0.05, 0.1) is 22.2 Å². The van der Waals surface area contributed by atoms with Crippen molar-refractivity contribution in [2.45, 2.75) is 50.9 Å². The van der Waals surface area contributed by atoms with Crippen molar-refractivity contribution in [2.24, 2.45) is 5.92 Å². The SMILES string of the molecule is O=C(NCC1CCCCC1)c1cccc2nn3c(C4CCNCC4)cc(=O)[nH]c3c12. The molecule has 0 bridgehead atoms. The normalized spacial score (nSPS) is 18.8. The summed E-state index contributed by atoms with van der Waals surface area (Å²) < 4.78 is 1.85. The van der Waals surface area contributed by atoms with Crippen LogP contribution >= 0.6 is 0 Å². The number of benzene rings is 1. The molecule has 0 spiro atoms. The molecule has 1 aliphatic heterocycles. The van der Waals surface area contributed by atoms with Gasteiger partial charge in [0.25, 0.3) is 11.5 Å². The Kier molecular flexibility index (Phi) is 5.29. The predicted octanol–water partition coefficient (Wildman–Crippen LogP) is 2.95. The number of H-pyrrole nitrogens is 1. The van der Waals surface area contributed by atoms with Crippen LogP contribution in [0.2, 0.25) is 0 Å². The Balaban J connectivity index is 1.53. The van der Waals surface area contributed by atoms with Crippen LogP contribution in [0.3, 0.4) is 0 Å². The summed E-state index contributed by atoms with van der Waals surface area (Å²) >= 11 is 0. The maximum Gasteiger partial charge on any atom is 0.252 e. The molecule has 2 aromatic heterocycles. The summed E-state index contributed by atoms with van der Waals surface area (Å²) in [4.78, 5) is 28.5. The number of nitrogens with zero attached hydrogens (tertiary/aromatic N) is 2. The summed E-state index contributed by atoms with van der Waals surface area (Å²) in [6.45, 7) is 2.59. The third-order valence-electron chi connectivity index (χ3n) is 6.74. The highest BCUT2D eigenvalue weighted by Gasteiger charge is 2.23. The lowest BCUT2D eigenvalue weighted by atomic mass is 9.89. The Labute approximate surface area is 175 Å². The first-order chi connectivity index (χ1) is 14.7. The molecule has 7 nitrogen and oxygen atoms in total. The second-order valence-electron chi connectivity index (χ2n) is 8.76. The predicted molar refractivity (Wildman–Crippen MR) is 117 cm³/mol. The number of amides is 1. The molecule has 1 aromatic carbocycles. The van der Waals surface area contributed by atoms with Gasteiger partial charge in [-0.2, -0.15) is 5.10 Å². The Morgan fingerprint density at radius 2 is 1.93 bits per heavy atom. The molecule has 5 rings (SSSR count). The maximum absolute atomic E-state index is 13.1. The van der Waals surface area contributed by atoms with Crippen LogP contribution in [0.25, 0.3) is 16.6 Å². The number of piperidine rings is 1. The standard InChI is InChI=1S/C23H29N5O2/c29-20-13-19(16-9-11-24-12-10-16)28-22(26-20)21-17(7-4-8-18(21)27-28)23(30)25-14-15-5-2-1-3-6-15/h4,7-8,13,15-16,24H,1-3,5-6,9-12,14H2,(H,25,30)(H,26,29). The highest BCUT2D eigenvalue weighted by molar-refractivity contribution is 6.11. The van der Waals surface area contributed by atoms with Crippen LogP contribution in [-0.2, 0) is 0 Å². The van der Waals surface area contributed by atoms with Crippen molar-refractivity contribution in [1.29, 1.82) is 0 Å². The van der Waals surface area contributed by atoms with Gasteiger partial charge in [0.1, 0.15) is 5.65 Å². The van der Waals surface area contributed by atoms with E-state index in [-0.39, 0.29) is 17.4 Å². The van der Waals surface area contributed by atoms with Crippen LogP contribution in [0.5, 0.6) is 0 Å². The number of aromatic nitrogens is 3. The van der Waals surface area contributed by atoms with E-state index in [1.54, 1.807) is 6.07 Å². The lowest BCUT2D eigenvalue weighted by Crippen LogP contribution is -2.30. The number of rotatable bonds is 4. The van der Waals surface area contributed by atoms with Gasteiger partial charge >= 0.3 is 0 Å². The minimum Gasteiger partial charge on any atom is -0.352 e. The summed E-state index contributed by atoms with van der Waals surface area (Å²) in [5.41, 5.74) is 2.72. The van der Waals surface area contributed by atoms with Gasteiger partial charge in [-0.25, -0.2) is 4.52 Å². The Hall–Kier alpha value is -2.67. The highest BCUT2D eigenvalue weighted by Crippen LogP contribution is 2.28. The molecule has 0 atom stereocenters. The molecular formula is C23H29N5O2. The quantitative estimate of drug-likeness (QED) is 0.620. The van der Waals surface area contributed by atoms with Crippen LogP contribution < -0.4 is 16.2 Å². The van der Waals surface area contributed by atoms with Gasteiger partial charge in [-0.1, -0.05) is 25.3 Å². The molecule has 0 radical (unpaired) electrons. The van der Waals surface area contributed by atoms with Gasteiger partial charge in [0, 0.05) is 18.5 Å². The van der Waals surface area contributed by atoms with Crippen molar-refractivity contribution in [2.75, 3.05) is 19.6 Å². The van der Waals surface area contributed by atoms with Crippen molar-refractivity contribution in [3.63, 3.8) is 0 Å². The fourth-order valence-electron chi connectivity index (χ4n) is 5.11. The van der Waals surface area contributed by atoms with Crippen molar-refractivity contribution in [3.05, 3.63) is 45.9 Å². The average molecular weight is 408 g/mol. The number of nitrogens with one attached hydrogen (secondary N) is 3. The van der Waals surface area contributed by atoms with E-state index in [2.05, 4.69) is 15.6 Å². The summed E-state index contributed by atoms with van der Waals surface area (Å²) in [5, 5.41) is 12.0. The fourth-order valence-corrected chi connectivity index (χ4v) is 5.11. The number of carbonyl (C=O) groups is 1. The van der Waals surface area contributed by atoms with Gasteiger partial charge in [-0.15, -0.1) is 0 Å². The molecule has 0 unspecified atom stereocenters. The topological polar surface area (TPSA) is 91.3 Å². The zero-order valence-corrected chi connectivity index (χ0v) is 17.2. The molecule has 2 fully saturated rings. The van der Waals surface area contributed by atoms with Crippen molar-refractivity contribution >= 4 is 22.5 Å². The third kappa shape index (κ3) is 3.62. The van der Waals surface area contributed by atoms with Gasteiger partial charge in [-0.3, -0.25) is 9.59 Å². The second-order valence-corrected chi connectivity index (χ2v) is 8.76. The van der Waals surface area contributed by atoms with Crippen molar-refractivity contribution in [3.8, 4) is 0 Å². The van der Waals surface area contributed by atoms with Gasteiger partial charge < -0.3 is 15.6 Å². The molecule has 3 aromatic rings. The van der Waals surface area contributed by atoms with E-state index < -0.39 is 0 Å². The molecule has 1 aliphatic carbocycles. The van der Waals surface area contributed by atoms with E-state index in [1.165, 1.54) is 32.1 Å². The smallest absolute Gasteiger partial charge is 0.252 e. The zero-order chi connectivity index (χ0) is 20.5. The molecule has 1 saturated heterocycles. The average Bonchev–Trinajstić information content (AvgIpc) is 3.17. The first-order valence-electron chi connectivity index (χ1n) is 11.2. The monoisotopic (exact) mass is 407 g/mol. The van der Waals surface area contributed by atoms with Crippen LogP contribution in [0.1, 0.15) is 66.9 Å². The summed E-state index contributed by atoms with van der Waals surface area (Å²) in [6, 6.07) is 7.27. The molecule has 7 heteroatoms. The number of hydrogen-bond acceptors (Lipinski definition) is 4. The summed E-state index contributed by atoms with van der Waals surface area (Å²) in [7, 11) is 0. The van der Waals surface area contributed by atoms with E-state index in [1.807, 2.05) is 22.7 Å². The molecular weight excluding hydrogens is 378 g/mol. The van der Waals surface area contributed by atoms with E-state index in [0.717, 1.165) is 42.5 Å². The first kappa shape index (κ1) is 19.3. The molecule has 2 aliphatic rings. The lowest BCUT2D eigenvalue weighted by Gasteiger charge is -2.23. The molecule has 30 heavy (non-hydrogen) atoms. The number of carbonyl (C=O) groups excluding carboxylic acids is 1. The molecule has 3 N–H and O–H groups in total. The second kappa shape index (κ2) is 8.22. The Morgan fingerprint density at radius 1 is 1.13 bits per heavy atom. The summed E-state index contributed by atoms with van der Waals surface area (Å²) in [5.74, 6) is 0.764. The molecule has 3 heterocycles. The van der Waals surface area contributed by atoms with E-state index >= 15 is 0 Å². The minimum absolute atomic E-state index is 0.0887. The Morgan fingerprint density at radius 3 is 2.73 bits per heavy atom. The van der Waals surface area contributed by atoms with E-state index in [9.17, 15) is 9.59 Å². The molecule has 1 amide bonds. The summed E-state index contributed by atoms with van der Waals surface area (Å²) in [6.07, 6.45) is 8.14. The van der Waals surface area contributed by atoms with E-state index in [4.69, 9.17) is 5.10 Å². The van der Waals surface area contributed by atoms with Crippen LogP contribution in [0.15, 0.2) is 29.1 Å². The van der Waals surface area contributed by atoms with Gasteiger partial charge in [0.2, 0.25) is 0 Å². The zero-order valence-electron chi connectivity index (χ0n) is 17.2. The maximum atomic E-state index is 13.1. The number of aromatic amines is 1. The highest BCUT2D eigenvalue weighted by atomic mass is 16.1. The third-order valence-corrected chi connectivity index (χ3v) is 6.74.